The molecule has 138 valence electrons. The predicted octanol–water partition coefficient (Wildman–Crippen LogP) is 4.30. The van der Waals surface area contributed by atoms with Crippen molar-refractivity contribution in [3.63, 3.8) is 0 Å². The lowest BCUT2D eigenvalue weighted by atomic mass is 10.0. The smallest absolute Gasteiger partial charge is 0.168 e. The topological polar surface area (TPSA) is 47.3 Å². The van der Waals surface area contributed by atoms with E-state index in [1.54, 1.807) is 6.07 Å². The summed E-state index contributed by atoms with van der Waals surface area (Å²) in [4.78, 5) is 0. The fourth-order valence-corrected chi connectivity index (χ4v) is 4.37. The number of benzene rings is 1. The van der Waals surface area contributed by atoms with Crippen LogP contribution in [0.25, 0.3) is 11.3 Å². The van der Waals surface area contributed by atoms with E-state index in [0.29, 0.717) is 30.3 Å². The number of fused-ring (bicyclic) bond motifs is 2. The number of ether oxygens (including phenoxy) is 1. The Hall–Kier alpha value is -1.79. The van der Waals surface area contributed by atoms with Crippen LogP contribution in [0.1, 0.15) is 55.8 Å². The van der Waals surface area contributed by atoms with Crippen LogP contribution in [0.15, 0.2) is 22.7 Å². The molecule has 0 amide bonds. The van der Waals surface area contributed by atoms with Crippen molar-refractivity contribution in [2.45, 2.75) is 69.2 Å². The molecular weight excluding hydrogens is 338 g/mol. The molecule has 2 unspecified atom stereocenters. The van der Waals surface area contributed by atoms with E-state index in [4.69, 9.17) is 9.26 Å². The second kappa shape index (κ2) is 6.43. The summed E-state index contributed by atoms with van der Waals surface area (Å²) < 4.78 is 39.7. The number of nitrogens with zero attached hydrogens (tertiary/aromatic N) is 1. The Morgan fingerprint density at radius 3 is 2.62 bits per heavy atom. The number of piperidine rings is 1. The molecule has 1 saturated carbocycles. The van der Waals surface area contributed by atoms with Gasteiger partial charge in [0, 0.05) is 29.1 Å². The number of hydrogen-bond acceptors (Lipinski definition) is 4. The van der Waals surface area contributed by atoms with Gasteiger partial charge < -0.3 is 14.6 Å². The van der Waals surface area contributed by atoms with Crippen molar-refractivity contribution in [1.29, 1.82) is 0 Å². The van der Waals surface area contributed by atoms with Crippen LogP contribution in [-0.2, 0) is 11.3 Å². The zero-order valence-corrected chi connectivity index (χ0v) is 14.5. The molecule has 2 aliphatic heterocycles. The minimum absolute atomic E-state index is 0.143. The zero-order chi connectivity index (χ0) is 17.7. The highest BCUT2D eigenvalue weighted by Crippen LogP contribution is 2.44. The Bertz CT molecular complexity index is 806. The van der Waals surface area contributed by atoms with Gasteiger partial charge in [-0.25, -0.2) is 8.78 Å². The second-order valence-corrected chi connectivity index (χ2v) is 7.79. The Balaban J connectivity index is 1.41. The first kappa shape index (κ1) is 16.4. The van der Waals surface area contributed by atoms with Gasteiger partial charge in [0.05, 0.1) is 12.7 Å². The van der Waals surface area contributed by atoms with Crippen molar-refractivity contribution >= 4 is 0 Å². The van der Waals surface area contributed by atoms with Crippen molar-refractivity contribution in [1.82, 2.24) is 10.5 Å². The van der Waals surface area contributed by atoms with Crippen LogP contribution in [0.3, 0.4) is 0 Å². The van der Waals surface area contributed by atoms with Crippen molar-refractivity contribution < 1.29 is 18.0 Å². The van der Waals surface area contributed by atoms with Crippen LogP contribution in [-0.4, -0.2) is 23.3 Å². The Morgan fingerprint density at radius 2 is 1.88 bits per heavy atom. The Morgan fingerprint density at radius 1 is 1.12 bits per heavy atom. The van der Waals surface area contributed by atoms with Crippen LogP contribution in [0.2, 0.25) is 0 Å². The van der Waals surface area contributed by atoms with Gasteiger partial charge in [0.15, 0.2) is 11.6 Å². The van der Waals surface area contributed by atoms with Gasteiger partial charge in [-0.05, 0) is 50.7 Å². The van der Waals surface area contributed by atoms with Crippen molar-refractivity contribution in [3.05, 3.63) is 41.2 Å². The summed E-state index contributed by atoms with van der Waals surface area (Å²) in [6, 6.07) is 5.24. The van der Waals surface area contributed by atoms with Gasteiger partial charge in [-0.3, -0.25) is 0 Å². The second-order valence-electron chi connectivity index (χ2n) is 7.79. The normalized spacial score (nSPS) is 27.8. The van der Waals surface area contributed by atoms with Crippen molar-refractivity contribution in [2.75, 3.05) is 0 Å². The largest absolute Gasteiger partial charge is 0.373 e. The van der Waals surface area contributed by atoms with Gasteiger partial charge in [0.1, 0.15) is 11.5 Å². The van der Waals surface area contributed by atoms with E-state index in [2.05, 4.69) is 10.5 Å². The zero-order valence-electron chi connectivity index (χ0n) is 14.5. The molecular formula is C20H22F2N2O2. The maximum absolute atomic E-state index is 14.3. The van der Waals surface area contributed by atoms with Crippen LogP contribution < -0.4 is 5.32 Å². The lowest BCUT2D eigenvalue weighted by Gasteiger charge is -2.29. The van der Waals surface area contributed by atoms with E-state index >= 15 is 0 Å². The van der Waals surface area contributed by atoms with E-state index in [1.807, 2.05) is 0 Å². The minimum Gasteiger partial charge on any atom is -0.373 e. The summed E-state index contributed by atoms with van der Waals surface area (Å²) >= 11 is 0. The monoisotopic (exact) mass is 360 g/mol. The van der Waals surface area contributed by atoms with Gasteiger partial charge in [-0.1, -0.05) is 11.2 Å². The minimum atomic E-state index is -0.885. The lowest BCUT2D eigenvalue weighted by molar-refractivity contribution is 0.00875. The highest BCUT2D eigenvalue weighted by molar-refractivity contribution is 5.64. The number of rotatable bonds is 5. The first-order chi connectivity index (χ1) is 12.7. The van der Waals surface area contributed by atoms with Gasteiger partial charge in [-0.15, -0.1) is 0 Å². The SMILES string of the molecule is Fc1cccc(-c2noc(C3CC3)c2COC2CC3CC[C@@H](C2)N3)c1F. The fraction of sp³-hybridized carbons (Fsp3) is 0.550. The van der Waals surface area contributed by atoms with Crippen LogP contribution in [0.4, 0.5) is 8.78 Å². The number of aromatic nitrogens is 1. The highest BCUT2D eigenvalue weighted by Gasteiger charge is 2.36. The van der Waals surface area contributed by atoms with Gasteiger partial charge in [-0.2, -0.15) is 0 Å². The first-order valence-electron chi connectivity index (χ1n) is 9.49. The third-order valence-electron chi connectivity index (χ3n) is 5.87. The molecule has 2 aromatic rings. The van der Waals surface area contributed by atoms with Crippen molar-refractivity contribution in [3.8, 4) is 11.3 Å². The maximum Gasteiger partial charge on any atom is 0.168 e. The van der Waals surface area contributed by atoms with E-state index in [-0.39, 0.29) is 11.7 Å². The van der Waals surface area contributed by atoms with Crippen LogP contribution in [0.5, 0.6) is 0 Å². The van der Waals surface area contributed by atoms with E-state index < -0.39 is 11.6 Å². The summed E-state index contributed by atoms with van der Waals surface area (Å²) in [7, 11) is 0. The molecule has 5 rings (SSSR count). The predicted molar refractivity (Wildman–Crippen MR) is 91.6 cm³/mol. The molecule has 1 aromatic heterocycles. The number of halogens is 2. The summed E-state index contributed by atoms with van der Waals surface area (Å²) in [6.45, 7) is 0.338. The molecule has 4 nitrogen and oxygen atoms in total. The average Bonchev–Trinajstić information content (AvgIpc) is 3.31. The summed E-state index contributed by atoms with van der Waals surface area (Å²) in [6.07, 6.45) is 6.72. The van der Waals surface area contributed by atoms with Gasteiger partial charge >= 0.3 is 0 Å². The van der Waals surface area contributed by atoms with E-state index in [1.165, 1.54) is 18.9 Å². The number of hydrogen-bond donors (Lipinski definition) is 1. The van der Waals surface area contributed by atoms with Crippen molar-refractivity contribution in [2.24, 2.45) is 0 Å². The third kappa shape index (κ3) is 2.95. The Kier molecular flexibility index (Phi) is 4.05. The molecule has 0 radical (unpaired) electrons. The Labute approximate surface area is 150 Å². The standard InChI is InChI=1S/C20H22F2N2O2/c21-17-3-1-2-15(18(17)22)19-16(20(26-24-19)11-4-5-11)10-25-14-8-12-6-7-13(9-14)23-12/h1-3,11-14,23H,4-10H2/t12-,13?,14?/m0/s1. The van der Waals surface area contributed by atoms with Crippen LogP contribution in [0, 0.1) is 11.6 Å². The molecule has 1 aliphatic carbocycles. The van der Waals surface area contributed by atoms with Gasteiger partial charge in [0.25, 0.3) is 0 Å². The summed E-state index contributed by atoms with van der Waals surface area (Å²) in [5, 5.41) is 7.68. The summed E-state index contributed by atoms with van der Waals surface area (Å²) in [5.74, 6) is -0.652. The molecule has 1 aromatic carbocycles. The molecule has 3 atom stereocenters. The molecule has 3 heterocycles. The lowest BCUT2D eigenvalue weighted by Crippen LogP contribution is -2.41. The third-order valence-corrected chi connectivity index (χ3v) is 5.87. The molecule has 2 saturated heterocycles. The van der Waals surface area contributed by atoms with E-state index in [0.717, 1.165) is 43.1 Å². The maximum atomic E-state index is 14.3. The molecule has 6 heteroatoms. The quantitative estimate of drug-likeness (QED) is 0.864. The van der Waals surface area contributed by atoms with Gasteiger partial charge in [0.2, 0.25) is 0 Å². The average molecular weight is 360 g/mol. The molecule has 26 heavy (non-hydrogen) atoms. The van der Waals surface area contributed by atoms with E-state index in [9.17, 15) is 8.78 Å². The fourth-order valence-electron chi connectivity index (χ4n) is 4.37. The molecule has 2 bridgehead atoms. The molecule has 1 N–H and O–H groups in total. The molecule has 3 aliphatic rings. The summed E-state index contributed by atoms with van der Waals surface area (Å²) in [5.41, 5.74) is 1.30. The molecule has 3 fully saturated rings. The number of nitrogens with one attached hydrogen (secondary N) is 1. The van der Waals surface area contributed by atoms with Crippen LogP contribution >= 0.6 is 0 Å². The molecule has 0 spiro atoms. The highest BCUT2D eigenvalue weighted by atomic mass is 19.2. The first-order valence-corrected chi connectivity index (χ1v) is 9.49.